The second-order valence-corrected chi connectivity index (χ2v) is 12.6. The van der Waals surface area contributed by atoms with Crippen molar-refractivity contribution in [1.82, 2.24) is 0 Å². The number of hydrogen-bond acceptors (Lipinski definition) is 4. The first-order valence-electron chi connectivity index (χ1n) is 16.7. The lowest BCUT2D eigenvalue weighted by Gasteiger charge is -2.29. The number of hydrogen-bond donors (Lipinski definition) is 1. The third-order valence-electron chi connectivity index (χ3n) is 9.35. The van der Waals surface area contributed by atoms with Crippen LogP contribution in [-0.4, -0.2) is 24.9 Å². The van der Waals surface area contributed by atoms with Crippen LogP contribution in [0.25, 0.3) is 0 Å². The first-order valence-corrected chi connectivity index (χ1v) is 16.7. The number of allylic oxidation sites excluding steroid dienone is 1. The summed E-state index contributed by atoms with van der Waals surface area (Å²) in [7, 11) is 0. The molecule has 1 N–H and O–H groups in total. The Morgan fingerprint density at radius 1 is 0.696 bits per heavy atom. The van der Waals surface area contributed by atoms with Crippen LogP contribution in [-0.2, 0) is 9.47 Å². The Bertz CT molecular complexity index is 1280. The molecule has 0 spiro atoms. The van der Waals surface area contributed by atoms with Crippen LogP contribution in [0.1, 0.15) is 120 Å². The molecule has 4 unspecified atom stereocenters. The summed E-state index contributed by atoms with van der Waals surface area (Å²) in [6.45, 7) is 2.86. The fourth-order valence-corrected chi connectivity index (χ4v) is 6.63. The molecule has 0 radical (unpaired) electrons. The zero-order valence-corrected chi connectivity index (χ0v) is 26.6. The van der Waals surface area contributed by atoms with Crippen molar-refractivity contribution in [2.75, 3.05) is 19.8 Å². The van der Waals surface area contributed by atoms with Crippen LogP contribution in [0, 0.1) is 35.1 Å². The standard InChI is InChI=1S/C36H46F6O4/c1-2-44-31-20-16-27(33(38)35(31)40)30-19-14-24(22-46-30)10-6-4-8-12-25(36(41)42)11-7-3-5-9-23-13-18-29(45-21-23)26-15-17-28(43)34(39)32(26)37/h15-17,20,23-24,29-30,43H,2-14,18-19,21-22H2,1H3. The molecule has 4 nitrogen and oxygen atoms in total. The summed E-state index contributed by atoms with van der Waals surface area (Å²) in [5.74, 6) is -4.44. The third kappa shape index (κ3) is 9.89. The van der Waals surface area contributed by atoms with E-state index in [1.54, 1.807) is 6.92 Å². The van der Waals surface area contributed by atoms with E-state index in [0.717, 1.165) is 57.4 Å². The highest BCUT2D eigenvalue weighted by Crippen LogP contribution is 2.38. The number of rotatable bonds is 16. The van der Waals surface area contributed by atoms with Gasteiger partial charge >= 0.3 is 0 Å². The molecule has 0 aliphatic carbocycles. The highest BCUT2D eigenvalue weighted by Gasteiger charge is 2.28. The summed E-state index contributed by atoms with van der Waals surface area (Å²) in [6, 6.07) is 5.46. The lowest BCUT2D eigenvalue weighted by atomic mass is 9.90. The topological polar surface area (TPSA) is 47.9 Å². The molecule has 2 heterocycles. The second-order valence-electron chi connectivity index (χ2n) is 12.6. The maximum atomic E-state index is 14.5. The Morgan fingerprint density at radius 2 is 1.22 bits per heavy atom. The SMILES string of the molecule is CCOc1ccc(C2CCC(CCCCCC(CCCCCC3CCC(c4ccc(O)c(F)c4F)OC3)=C(F)F)CO2)c(F)c1F. The van der Waals surface area contributed by atoms with Crippen LogP contribution in [0.2, 0.25) is 0 Å². The van der Waals surface area contributed by atoms with Crippen molar-refractivity contribution >= 4 is 0 Å². The van der Waals surface area contributed by atoms with Crippen molar-refractivity contribution in [2.24, 2.45) is 11.8 Å². The summed E-state index contributed by atoms with van der Waals surface area (Å²) in [5.41, 5.74) is 0.572. The molecule has 0 bridgehead atoms. The van der Waals surface area contributed by atoms with Gasteiger partial charge in [0.1, 0.15) is 0 Å². The Balaban J connectivity index is 1.05. The second kappa shape index (κ2) is 18.0. The largest absolute Gasteiger partial charge is 0.505 e. The molecule has 2 aliphatic heterocycles. The van der Waals surface area contributed by atoms with Crippen LogP contribution < -0.4 is 4.74 Å². The van der Waals surface area contributed by atoms with Crippen molar-refractivity contribution in [2.45, 2.75) is 109 Å². The molecule has 46 heavy (non-hydrogen) atoms. The average Bonchev–Trinajstić information content (AvgIpc) is 3.05. The molecule has 2 aromatic carbocycles. The van der Waals surface area contributed by atoms with E-state index in [1.165, 1.54) is 18.2 Å². The molecule has 2 aliphatic rings. The predicted octanol–water partition coefficient (Wildman–Crippen LogP) is 11.0. The van der Waals surface area contributed by atoms with Crippen molar-refractivity contribution in [3.8, 4) is 11.5 Å². The number of ether oxygens (including phenoxy) is 3. The van der Waals surface area contributed by atoms with Gasteiger partial charge in [0.05, 0.1) is 32.0 Å². The Labute approximate surface area is 268 Å². The van der Waals surface area contributed by atoms with Gasteiger partial charge in [-0.1, -0.05) is 25.7 Å². The van der Waals surface area contributed by atoms with Crippen molar-refractivity contribution < 1.29 is 45.7 Å². The van der Waals surface area contributed by atoms with Crippen LogP contribution in [0.4, 0.5) is 26.3 Å². The predicted molar refractivity (Wildman–Crippen MR) is 164 cm³/mol. The van der Waals surface area contributed by atoms with Crippen LogP contribution >= 0.6 is 0 Å². The number of unbranched alkanes of at least 4 members (excludes halogenated alkanes) is 4. The van der Waals surface area contributed by atoms with Gasteiger partial charge in [0.2, 0.25) is 11.6 Å². The molecule has 0 amide bonds. The van der Waals surface area contributed by atoms with E-state index >= 15 is 0 Å². The maximum Gasteiger partial charge on any atom is 0.269 e. The monoisotopic (exact) mass is 656 g/mol. The molecule has 10 heteroatoms. The first kappa shape index (κ1) is 36.1. The quantitative estimate of drug-likeness (QED) is 0.144. The fourth-order valence-electron chi connectivity index (χ4n) is 6.63. The average molecular weight is 657 g/mol. The maximum absolute atomic E-state index is 14.5. The van der Waals surface area contributed by atoms with Gasteiger partial charge in [0, 0.05) is 11.1 Å². The van der Waals surface area contributed by atoms with Crippen LogP contribution in [0.3, 0.4) is 0 Å². The van der Waals surface area contributed by atoms with Crippen LogP contribution in [0.5, 0.6) is 11.5 Å². The molecule has 4 rings (SSSR count). The molecule has 2 aromatic rings. The summed E-state index contributed by atoms with van der Waals surface area (Å²) in [4.78, 5) is 0. The molecule has 2 fully saturated rings. The van der Waals surface area contributed by atoms with Crippen molar-refractivity contribution in [3.63, 3.8) is 0 Å². The summed E-state index contributed by atoms with van der Waals surface area (Å²) in [5, 5.41) is 9.32. The van der Waals surface area contributed by atoms with Gasteiger partial charge in [-0.15, -0.1) is 0 Å². The Hall–Kier alpha value is -2.72. The first-order chi connectivity index (χ1) is 22.2. The Morgan fingerprint density at radius 3 is 1.70 bits per heavy atom. The van der Waals surface area contributed by atoms with E-state index < -0.39 is 47.3 Å². The molecule has 2 saturated heterocycles. The summed E-state index contributed by atoms with van der Waals surface area (Å²) >= 11 is 0. The van der Waals surface area contributed by atoms with E-state index in [9.17, 15) is 31.4 Å². The van der Waals surface area contributed by atoms with Gasteiger partial charge < -0.3 is 19.3 Å². The molecular formula is C36H46F6O4. The number of phenolic OH excluding ortho intramolecular Hbond substituents is 1. The Kier molecular flexibility index (Phi) is 14.1. The molecule has 4 atom stereocenters. The van der Waals surface area contributed by atoms with Gasteiger partial charge in [0.15, 0.2) is 23.1 Å². The normalized spacial score (nSPS) is 21.7. The minimum Gasteiger partial charge on any atom is -0.505 e. The summed E-state index contributed by atoms with van der Waals surface area (Å²) < 4.78 is 101. The van der Waals surface area contributed by atoms with Gasteiger partial charge in [0.25, 0.3) is 6.08 Å². The van der Waals surface area contributed by atoms with E-state index in [-0.39, 0.29) is 29.1 Å². The molecule has 0 aromatic heterocycles. The lowest BCUT2D eigenvalue weighted by Crippen LogP contribution is -2.21. The van der Waals surface area contributed by atoms with Crippen LogP contribution in [0.15, 0.2) is 35.9 Å². The zero-order valence-electron chi connectivity index (χ0n) is 26.6. The minimum atomic E-state index is -1.57. The van der Waals surface area contributed by atoms with Crippen molar-refractivity contribution in [3.05, 3.63) is 70.3 Å². The number of halogens is 6. The summed E-state index contributed by atoms with van der Waals surface area (Å²) in [6.07, 6.45) is 7.68. The van der Waals surface area contributed by atoms with Gasteiger partial charge in [-0.05, 0) is 113 Å². The molecular weight excluding hydrogens is 610 g/mol. The minimum absolute atomic E-state index is 0.1000. The van der Waals surface area contributed by atoms with Crippen molar-refractivity contribution in [1.29, 1.82) is 0 Å². The van der Waals surface area contributed by atoms with E-state index in [0.29, 0.717) is 63.6 Å². The molecule has 256 valence electrons. The van der Waals surface area contributed by atoms with Gasteiger partial charge in [-0.3, -0.25) is 0 Å². The highest BCUT2D eigenvalue weighted by atomic mass is 19.3. The number of benzene rings is 2. The lowest BCUT2D eigenvalue weighted by molar-refractivity contribution is -0.0219. The van der Waals surface area contributed by atoms with Gasteiger partial charge in [-0.2, -0.15) is 17.6 Å². The van der Waals surface area contributed by atoms with E-state index in [4.69, 9.17) is 14.2 Å². The smallest absolute Gasteiger partial charge is 0.269 e. The highest BCUT2D eigenvalue weighted by molar-refractivity contribution is 5.33. The van der Waals surface area contributed by atoms with E-state index in [1.807, 2.05) is 0 Å². The number of phenols is 1. The number of aromatic hydroxyl groups is 1. The third-order valence-corrected chi connectivity index (χ3v) is 9.35. The zero-order chi connectivity index (χ0) is 33.1. The molecule has 0 saturated carbocycles. The fraction of sp³-hybridized carbons (Fsp3) is 0.611. The van der Waals surface area contributed by atoms with E-state index in [2.05, 4.69) is 0 Å². The van der Waals surface area contributed by atoms with Gasteiger partial charge in [-0.25, -0.2) is 8.78 Å².